The summed E-state index contributed by atoms with van der Waals surface area (Å²) in [5, 5.41) is 5.64. The van der Waals surface area contributed by atoms with Crippen LogP contribution in [-0.2, 0) is 11.3 Å². The Morgan fingerprint density at radius 3 is 2.83 bits per heavy atom. The van der Waals surface area contributed by atoms with Gasteiger partial charge in [0, 0.05) is 12.6 Å². The SMILES string of the molecule is C=CCn1c(SCC(=O)NC(=O)NC(C)C)nc2ccccc21. The Labute approximate surface area is 139 Å². The minimum Gasteiger partial charge on any atom is -0.336 e. The van der Waals surface area contributed by atoms with E-state index >= 15 is 0 Å². The number of carbonyl (C=O) groups is 2. The van der Waals surface area contributed by atoms with E-state index in [-0.39, 0.29) is 17.7 Å². The Hall–Kier alpha value is -2.28. The van der Waals surface area contributed by atoms with Crippen molar-refractivity contribution < 1.29 is 9.59 Å². The predicted molar refractivity (Wildman–Crippen MR) is 92.5 cm³/mol. The smallest absolute Gasteiger partial charge is 0.321 e. The van der Waals surface area contributed by atoms with E-state index < -0.39 is 6.03 Å². The molecule has 0 unspecified atom stereocenters. The van der Waals surface area contributed by atoms with E-state index in [1.807, 2.05) is 42.7 Å². The van der Waals surface area contributed by atoms with Crippen molar-refractivity contribution in [2.24, 2.45) is 0 Å². The van der Waals surface area contributed by atoms with Gasteiger partial charge in [0.25, 0.3) is 0 Å². The van der Waals surface area contributed by atoms with E-state index in [9.17, 15) is 9.59 Å². The molecule has 0 saturated heterocycles. The summed E-state index contributed by atoms with van der Waals surface area (Å²) in [7, 11) is 0. The summed E-state index contributed by atoms with van der Waals surface area (Å²) in [5.41, 5.74) is 1.86. The second-order valence-electron chi connectivity index (χ2n) is 5.25. The number of rotatable bonds is 6. The fourth-order valence-corrected chi connectivity index (χ4v) is 2.88. The molecule has 3 amide bonds. The zero-order chi connectivity index (χ0) is 16.8. The van der Waals surface area contributed by atoms with Gasteiger partial charge < -0.3 is 9.88 Å². The maximum absolute atomic E-state index is 11.8. The van der Waals surface area contributed by atoms with Gasteiger partial charge in [-0.25, -0.2) is 9.78 Å². The number of imide groups is 1. The third-order valence-corrected chi connectivity index (χ3v) is 3.91. The molecule has 6 nitrogen and oxygen atoms in total. The molecule has 0 aliphatic rings. The molecule has 0 atom stereocenters. The number of fused-ring (bicyclic) bond motifs is 1. The van der Waals surface area contributed by atoms with E-state index in [0.717, 1.165) is 16.2 Å². The fraction of sp³-hybridized carbons (Fsp3) is 0.312. The van der Waals surface area contributed by atoms with Crippen LogP contribution in [-0.4, -0.2) is 33.3 Å². The highest BCUT2D eigenvalue weighted by molar-refractivity contribution is 7.99. The molecular formula is C16H20N4O2S. The summed E-state index contributed by atoms with van der Waals surface area (Å²) >= 11 is 1.29. The van der Waals surface area contributed by atoms with Gasteiger partial charge >= 0.3 is 6.03 Å². The monoisotopic (exact) mass is 332 g/mol. The van der Waals surface area contributed by atoms with E-state index in [2.05, 4.69) is 22.2 Å². The standard InChI is InChI=1S/C16H20N4O2S/c1-4-9-20-13-8-6-5-7-12(13)18-16(20)23-10-14(21)19-15(22)17-11(2)3/h4-8,11H,1,9-10H2,2-3H3,(H2,17,19,21,22). The van der Waals surface area contributed by atoms with E-state index in [0.29, 0.717) is 6.54 Å². The van der Waals surface area contributed by atoms with Crippen LogP contribution in [0.25, 0.3) is 11.0 Å². The molecule has 23 heavy (non-hydrogen) atoms. The highest BCUT2D eigenvalue weighted by atomic mass is 32.2. The number of imidazole rings is 1. The van der Waals surface area contributed by atoms with Gasteiger partial charge in [-0.3, -0.25) is 10.1 Å². The van der Waals surface area contributed by atoms with E-state index in [4.69, 9.17) is 0 Å². The normalized spacial score (nSPS) is 10.7. The predicted octanol–water partition coefficient (Wildman–Crippen LogP) is 2.55. The molecule has 1 aromatic heterocycles. The van der Waals surface area contributed by atoms with Gasteiger partial charge in [0.1, 0.15) is 0 Å². The van der Waals surface area contributed by atoms with Crippen LogP contribution in [0.1, 0.15) is 13.8 Å². The third-order valence-electron chi connectivity index (χ3n) is 2.94. The zero-order valence-electron chi connectivity index (χ0n) is 13.2. The van der Waals surface area contributed by atoms with Crippen molar-refractivity contribution in [3.05, 3.63) is 36.9 Å². The number of nitrogens with zero attached hydrogens (tertiary/aromatic N) is 2. The molecule has 0 aliphatic heterocycles. The van der Waals surface area contributed by atoms with Gasteiger partial charge in [-0.05, 0) is 26.0 Å². The van der Waals surface area contributed by atoms with Crippen molar-refractivity contribution in [1.29, 1.82) is 0 Å². The minimum absolute atomic E-state index is 0.0211. The number of benzene rings is 1. The lowest BCUT2D eigenvalue weighted by Crippen LogP contribution is -2.43. The Balaban J connectivity index is 2.04. The summed E-state index contributed by atoms with van der Waals surface area (Å²) in [5.74, 6) is -0.239. The summed E-state index contributed by atoms with van der Waals surface area (Å²) < 4.78 is 1.99. The fourth-order valence-electron chi connectivity index (χ4n) is 2.06. The molecule has 2 rings (SSSR count). The average molecular weight is 332 g/mol. The molecule has 0 bridgehead atoms. The molecule has 122 valence electrons. The maximum atomic E-state index is 11.8. The molecule has 0 saturated carbocycles. The number of amides is 3. The van der Waals surface area contributed by atoms with Crippen LogP contribution in [0.3, 0.4) is 0 Å². The Morgan fingerprint density at radius 2 is 2.13 bits per heavy atom. The van der Waals surface area contributed by atoms with Crippen molar-refractivity contribution in [2.75, 3.05) is 5.75 Å². The first-order valence-corrected chi connectivity index (χ1v) is 8.29. The molecule has 0 fully saturated rings. The quantitative estimate of drug-likeness (QED) is 0.630. The first-order valence-electron chi connectivity index (χ1n) is 7.30. The first-order chi connectivity index (χ1) is 11.0. The van der Waals surface area contributed by atoms with Gasteiger partial charge in [0.2, 0.25) is 5.91 Å². The number of thioether (sulfide) groups is 1. The van der Waals surface area contributed by atoms with E-state index in [1.54, 1.807) is 6.08 Å². The zero-order valence-corrected chi connectivity index (χ0v) is 14.0. The highest BCUT2D eigenvalue weighted by Gasteiger charge is 2.13. The van der Waals surface area contributed by atoms with Gasteiger partial charge in [-0.1, -0.05) is 30.0 Å². The minimum atomic E-state index is -0.481. The second-order valence-corrected chi connectivity index (χ2v) is 6.19. The molecule has 1 aromatic carbocycles. The second kappa shape index (κ2) is 7.82. The number of aromatic nitrogens is 2. The van der Waals surface area contributed by atoms with Crippen molar-refractivity contribution >= 4 is 34.7 Å². The average Bonchev–Trinajstić information content (AvgIpc) is 2.83. The summed E-state index contributed by atoms with van der Waals surface area (Å²) in [6.45, 7) is 8.02. The van der Waals surface area contributed by atoms with Crippen molar-refractivity contribution in [3.8, 4) is 0 Å². The van der Waals surface area contributed by atoms with Crippen molar-refractivity contribution in [3.63, 3.8) is 0 Å². The molecule has 0 radical (unpaired) electrons. The molecule has 2 N–H and O–H groups in total. The van der Waals surface area contributed by atoms with Crippen LogP contribution in [0.5, 0.6) is 0 Å². The Morgan fingerprint density at radius 1 is 1.39 bits per heavy atom. The lowest BCUT2D eigenvalue weighted by atomic mass is 10.3. The van der Waals surface area contributed by atoms with Crippen LogP contribution >= 0.6 is 11.8 Å². The number of hydrogen-bond donors (Lipinski definition) is 2. The topological polar surface area (TPSA) is 76.0 Å². The number of urea groups is 1. The third kappa shape index (κ3) is 4.59. The number of para-hydroxylation sites is 2. The number of nitrogens with one attached hydrogen (secondary N) is 2. The lowest BCUT2D eigenvalue weighted by molar-refractivity contribution is -0.117. The largest absolute Gasteiger partial charge is 0.336 e. The van der Waals surface area contributed by atoms with E-state index in [1.165, 1.54) is 11.8 Å². The summed E-state index contributed by atoms with van der Waals surface area (Å²) in [4.78, 5) is 27.9. The molecule has 0 aliphatic carbocycles. The maximum Gasteiger partial charge on any atom is 0.321 e. The molecule has 7 heteroatoms. The van der Waals surface area contributed by atoms with Crippen LogP contribution < -0.4 is 10.6 Å². The molecule has 0 spiro atoms. The van der Waals surface area contributed by atoms with Gasteiger partial charge in [-0.2, -0.15) is 0 Å². The highest BCUT2D eigenvalue weighted by Crippen LogP contribution is 2.23. The van der Waals surface area contributed by atoms with Gasteiger partial charge in [0.15, 0.2) is 5.16 Å². The van der Waals surface area contributed by atoms with Crippen LogP contribution in [0.2, 0.25) is 0 Å². The van der Waals surface area contributed by atoms with Crippen molar-refractivity contribution in [1.82, 2.24) is 20.2 Å². The van der Waals surface area contributed by atoms with Crippen LogP contribution in [0, 0.1) is 0 Å². The summed E-state index contributed by atoms with van der Waals surface area (Å²) in [6.07, 6.45) is 1.79. The number of hydrogen-bond acceptors (Lipinski definition) is 4. The molecule has 2 aromatic rings. The summed E-state index contributed by atoms with van der Waals surface area (Å²) in [6, 6.07) is 7.27. The molecule has 1 heterocycles. The first kappa shape index (κ1) is 17.1. The lowest BCUT2D eigenvalue weighted by Gasteiger charge is -2.09. The van der Waals surface area contributed by atoms with Crippen LogP contribution in [0.4, 0.5) is 4.79 Å². The van der Waals surface area contributed by atoms with Crippen molar-refractivity contribution in [2.45, 2.75) is 31.6 Å². The molecular weight excluding hydrogens is 312 g/mol. The number of carbonyl (C=O) groups excluding carboxylic acids is 2. The van der Waals surface area contributed by atoms with Crippen LogP contribution in [0.15, 0.2) is 42.1 Å². The van der Waals surface area contributed by atoms with Gasteiger partial charge in [-0.15, -0.1) is 6.58 Å². The number of allylic oxidation sites excluding steroid dienone is 1. The Kier molecular flexibility index (Phi) is 5.81. The Bertz CT molecular complexity index is 724. The van der Waals surface area contributed by atoms with Gasteiger partial charge in [0.05, 0.1) is 16.8 Å².